The van der Waals surface area contributed by atoms with Crippen molar-refractivity contribution in [2.45, 2.75) is 38.9 Å². The van der Waals surface area contributed by atoms with Crippen LogP contribution in [-0.2, 0) is 4.74 Å². The number of halogens is 1. The van der Waals surface area contributed by atoms with Crippen molar-refractivity contribution < 1.29 is 18.7 Å². The first-order valence-electron chi connectivity index (χ1n) is 10.3. The van der Waals surface area contributed by atoms with Crippen LogP contribution in [0.3, 0.4) is 0 Å². The quantitative estimate of drug-likeness (QED) is 0.555. The number of aromatic nitrogens is 2. The van der Waals surface area contributed by atoms with E-state index in [2.05, 4.69) is 16.0 Å². The molecule has 1 aromatic carbocycles. The van der Waals surface area contributed by atoms with E-state index in [1.807, 2.05) is 38.9 Å². The Morgan fingerprint density at radius 2 is 2.03 bits per heavy atom. The molecule has 0 spiro atoms. The number of rotatable bonds is 6. The Labute approximate surface area is 194 Å². The van der Waals surface area contributed by atoms with Crippen molar-refractivity contribution in [3.05, 3.63) is 35.9 Å². The van der Waals surface area contributed by atoms with Crippen LogP contribution in [0.1, 0.15) is 32.3 Å². The normalized spacial score (nSPS) is 14.6. The van der Waals surface area contributed by atoms with Gasteiger partial charge in [-0.05, 0) is 0 Å². The predicted octanol–water partition coefficient (Wildman–Crippen LogP) is 1.60. The molecule has 0 bridgehead atoms. The van der Waals surface area contributed by atoms with E-state index in [0.717, 1.165) is 5.69 Å². The number of nitrogens with zero attached hydrogens (tertiary/aromatic N) is 5. The molecule has 8 nitrogen and oxygen atoms in total. The van der Waals surface area contributed by atoms with E-state index in [1.165, 1.54) is 12.4 Å². The van der Waals surface area contributed by atoms with Gasteiger partial charge in [0.15, 0.2) is 0 Å². The number of anilines is 1. The Bertz CT molecular complexity index is 1000. The zero-order valence-electron chi connectivity index (χ0n) is 18.6. The minimum atomic E-state index is -0.861. The van der Waals surface area contributed by atoms with E-state index < -0.39 is 15.8 Å². The van der Waals surface area contributed by atoms with Gasteiger partial charge in [-0.3, -0.25) is 0 Å². The zero-order valence-corrected chi connectivity index (χ0v) is 20.5. The molecule has 1 aliphatic rings. The topological polar surface area (TPSA) is 91.6 Å². The van der Waals surface area contributed by atoms with Crippen LogP contribution < -0.4 is 18.5 Å². The van der Waals surface area contributed by atoms with E-state index in [-0.39, 0.29) is 35.6 Å². The molecule has 0 saturated carbocycles. The van der Waals surface area contributed by atoms with Crippen LogP contribution in [0.25, 0.3) is 0 Å². The van der Waals surface area contributed by atoms with Gasteiger partial charge < -0.3 is 0 Å². The Morgan fingerprint density at radius 1 is 1.31 bits per heavy atom. The van der Waals surface area contributed by atoms with Crippen molar-refractivity contribution >= 4 is 36.4 Å². The molecule has 1 aliphatic heterocycles. The number of carbonyl (C=O) groups is 1. The van der Waals surface area contributed by atoms with Crippen LogP contribution in [0.15, 0.2) is 24.5 Å². The van der Waals surface area contributed by atoms with Crippen molar-refractivity contribution in [1.82, 2.24) is 14.9 Å². The van der Waals surface area contributed by atoms with Crippen LogP contribution in [0.2, 0.25) is 0 Å². The van der Waals surface area contributed by atoms with Crippen molar-refractivity contribution in [3.8, 4) is 11.9 Å². The fraction of sp³-hybridized carbons (Fsp3) is 0.455. The Kier molecular flexibility index (Phi) is 7.92. The molecule has 1 saturated heterocycles. The number of nitriles is 1. The summed E-state index contributed by atoms with van der Waals surface area (Å²) in [5, 5.41) is 9.73. The molecule has 1 aromatic heterocycles. The molecular weight excluding hydrogens is 476 g/mol. The van der Waals surface area contributed by atoms with Gasteiger partial charge in [-0.15, -0.1) is 0 Å². The Balaban J connectivity index is 1.69. The number of hydrogen-bond acceptors (Lipinski definition) is 7. The number of ether oxygens (including phenoxy) is 2. The van der Waals surface area contributed by atoms with Gasteiger partial charge in [-0.25, -0.2) is 0 Å². The Hall–Kier alpha value is -2.85. The third-order valence-corrected chi connectivity index (χ3v) is 7.32. The number of carbonyl (C=O) groups excluding carboxylic acids is 1. The molecule has 169 valence electrons. The van der Waals surface area contributed by atoms with Crippen molar-refractivity contribution in [3.63, 3.8) is 0 Å². The molecule has 1 amide bonds. The summed E-state index contributed by atoms with van der Waals surface area (Å²) >= 11 is -0.861. The van der Waals surface area contributed by atoms with E-state index in [9.17, 15) is 14.4 Å². The van der Waals surface area contributed by atoms with Gasteiger partial charge in [-0.1, -0.05) is 0 Å². The molecule has 0 atom stereocenters. The summed E-state index contributed by atoms with van der Waals surface area (Å²) in [6.07, 6.45) is 1.88. The molecule has 2 heterocycles. The van der Waals surface area contributed by atoms with Crippen LogP contribution in [0.5, 0.6) is 5.88 Å². The second kappa shape index (κ2) is 10.6. The van der Waals surface area contributed by atoms with E-state index >= 15 is 0 Å². The van der Waals surface area contributed by atoms with Crippen LogP contribution >= 0.6 is 0 Å². The van der Waals surface area contributed by atoms with Gasteiger partial charge in [0.05, 0.1) is 0 Å². The van der Waals surface area contributed by atoms with E-state index in [4.69, 9.17) is 9.47 Å². The predicted molar refractivity (Wildman–Crippen MR) is 119 cm³/mol. The summed E-state index contributed by atoms with van der Waals surface area (Å²) in [6.45, 7) is 4.64. The first-order chi connectivity index (χ1) is 15.3. The monoisotopic (exact) mass is 502 g/mol. The van der Waals surface area contributed by atoms with Gasteiger partial charge in [0.25, 0.3) is 0 Å². The molecule has 3 rings (SSSR count). The fourth-order valence-electron chi connectivity index (χ4n) is 3.20. The van der Waals surface area contributed by atoms with Crippen molar-refractivity contribution in [1.29, 1.82) is 5.26 Å². The van der Waals surface area contributed by atoms with Crippen LogP contribution in [-0.4, -0.2) is 76.1 Å². The maximum atomic E-state index is 14.6. The standard InChI is InChI=1S/C22H26AsFN5O3/c1-14(2)31-22(30)29-9-7-16(8-10-29)32-21-17(12-25)20(26-13-27-21)23-18-6-5-15(28(3)4)11-19(18)24/h5-6,11,13-14,16H,7-10H2,1-4H3. The van der Waals surface area contributed by atoms with Gasteiger partial charge in [0.2, 0.25) is 0 Å². The first-order valence-corrected chi connectivity index (χ1v) is 12.2. The summed E-state index contributed by atoms with van der Waals surface area (Å²) in [4.78, 5) is 23.9. The SMILES string of the molecule is CC(C)OC(=O)N1CCC(Oc2ncnc([As]c3ccc(N(C)C)cc3F)c2C#N)CC1. The van der Waals surface area contributed by atoms with Crippen molar-refractivity contribution in [2.24, 2.45) is 0 Å². The second-order valence-electron chi connectivity index (χ2n) is 7.87. The average molecular weight is 502 g/mol. The number of hydrogen-bond donors (Lipinski definition) is 0. The number of piperidine rings is 1. The summed E-state index contributed by atoms with van der Waals surface area (Å²) in [5.74, 6) is -0.108. The molecule has 1 radical (unpaired) electrons. The molecule has 0 unspecified atom stereocenters. The van der Waals surface area contributed by atoms with Gasteiger partial charge in [-0.2, -0.15) is 0 Å². The second-order valence-corrected chi connectivity index (χ2v) is 10.2. The average Bonchev–Trinajstić information content (AvgIpc) is 2.75. The van der Waals surface area contributed by atoms with Crippen LogP contribution in [0, 0.1) is 17.1 Å². The minimum absolute atomic E-state index is 0.166. The Morgan fingerprint density at radius 3 is 2.62 bits per heavy atom. The number of amides is 1. The molecule has 10 heteroatoms. The molecule has 32 heavy (non-hydrogen) atoms. The summed E-state index contributed by atoms with van der Waals surface area (Å²) < 4.78 is 26.9. The van der Waals surface area contributed by atoms with Crippen molar-refractivity contribution in [2.75, 3.05) is 32.1 Å². The van der Waals surface area contributed by atoms with E-state index in [0.29, 0.717) is 34.8 Å². The summed E-state index contributed by atoms with van der Waals surface area (Å²) in [5.41, 5.74) is 1.01. The summed E-state index contributed by atoms with van der Waals surface area (Å²) in [6, 6.07) is 7.19. The maximum absolute atomic E-state index is 14.6. The number of likely N-dealkylation sites (tertiary alicyclic amines) is 1. The fourth-order valence-corrected chi connectivity index (χ4v) is 5.12. The summed E-state index contributed by atoms with van der Waals surface area (Å²) in [7, 11) is 3.70. The third-order valence-electron chi connectivity index (χ3n) is 4.89. The number of benzene rings is 1. The molecule has 0 aliphatic carbocycles. The van der Waals surface area contributed by atoms with Gasteiger partial charge >= 0.3 is 194 Å². The van der Waals surface area contributed by atoms with Crippen LogP contribution in [0.4, 0.5) is 14.9 Å². The molecular formula is C22H26AsFN5O3. The van der Waals surface area contributed by atoms with Gasteiger partial charge in [0, 0.05) is 0 Å². The third kappa shape index (κ3) is 5.89. The molecule has 1 fully saturated rings. The molecule has 2 aromatic rings. The van der Waals surface area contributed by atoms with E-state index in [1.54, 1.807) is 11.0 Å². The zero-order chi connectivity index (χ0) is 23.3. The van der Waals surface area contributed by atoms with Gasteiger partial charge in [0.1, 0.15) is 0 Å². The molecule has 0 N–H and O–H groups in total. The first kappa shape index (κ1) is 23.8.